The largest absolute Gasteiger partial charge is 0.369 e. The van der Waals surface area contributed by atoms with Gasteiger partial charge in [-0.2, -0.15) is 4.31 Å². The van der Waals surface area contributed by atoms with E-state index in [2.05, 4.69) is 20.0 Å². The van der Waals surface area contributed by atoms with E-state index in [1.54, 1.807) is 41.8 Å². The fraction of sp³-hybridized carbons (Fsp3) is 0.300. The van der Waals surface area contributed by atoms with Crippen molar-refractivity contribution in [3.63, 3.8) is 0 Å². The van der Waals surface area contributed by atoms with Crippen molar-refractivity contribution in [2.24, 2.45) is 10.7 Å². The monoisotopic (exact) mass is 701 g/mol. The molecular weight excluding hydrogens is 667 g/mol. The van der Waals surface area contributed by atoms with Gasteiger partial charge in [-0.05, 0) is 43.5 Å². The first-order valence-electron chi connectivity index (χ1n) is 14.5. The Hall–Kier alpha value is -4.45. The van der Waals surface area contributed by atoms with Crippen molar-refractivity contribution in [3.05, 3.63) is 87.7 Å². The molecule has 3 aromatic rings. The van der Waals surface area contributed by atoms with Crippen LogP contribution in [0.25, 0.3) is 6.08 Å². The Bertz CT molecular complexity index is 1830. The van der Waals surface area contributed by atoms with Gasteiger partial charge in [0.1, 0.15) is 0 Å². The lowest BCUT2D eigenvalue weighted by atomic mass is 10.1. The summed E-state index contributed by atoms with van der Waals surface area (Å²) in [6.07, 6.45) is 3.28. The second kappa shape index (κ2) is 15.9. The Kier molecular flexibility index (Phi) is 12.0. The smallest absolute Gasteiger partial charge is 0.264 e. The zero-order chi connectivity index (χ0) is 34.0. The lowest BCUT2D eigenvalue weighted by molar-refractivity contribution is -0.138. The molecule has 0 bridgehead atoms. The van der Waals surface area contributed by atoms with E-state index in [-0.39, 0.29) is 54.9 Å². The summed E-state index contributed by atoms with van der Waals surface area (Å²) in [5.41, 5.74) is 7.38. The summed E-state index contributed by atoms with van der Waals surface area (Å²) in [6.45, 7) is 1.06. The average molecular weight is 702 g/mol. The Morgan fingerprint density at radius 1 is 1.09 bits per heavy atom. The molecule has 0 unspecified atom stereocenters. The minimum absolute atomic E-state index is 0.00491. The predicted octanol–water partition coefficient (Wildman–Crippen LogP) is 1.34. The number of nitrogens with two attached hydrogens (primary N) is 1. The lowest BCUT2D eigenvalue weighted by Gasteiger charge is -2.32. The standard InChI is InChI=1S/C30H35N7O7S3/c1-22-9-11-24(12-10-22)47(43,44)35-30(31)33-14-5-8-25(28(40)29-32-15-18-45-29)34-26(38)20-36-16-17-37(21-27(36)39)46(41,42)19-13-23-6-3-2-4-7-23/h2-4,6-7,9-13,15,18-19,25H,5,8,14,16-17,20-21H2,1H3,(H,34,38)(H3,31,33,35)/t25-/m0/s1. The highest BCUT2D eigenvalue weighted by molar-refractivity contribution is 7.92. The lowest BCUT2D eigenvalue weighted by Crippen LogP contribution is -2.55. The first kappa shape index (κ1) is 35.4. The van der Waals surface area contributed by atoms with Crippen LogP contribution in [0.4, 0.5) is 0 Å². The molecule has 0 spiro atoms. The number of nitrogens with zero attached hydrogens (tertiary/aromatic N) is 4. The number of sulfonamides is 2. The third-order valence-corrected chi connectivity index (χ3v) is 10.7. The number of thiazole rings is 1. The predicted molar refractivity (Wildman–Crippen MR) is 178 cm³/mol. The van der Waals surface area contributed by atoms with E-state index in [0.29, 0.717) is 5.56 Å². The van der Waals surface area contributed by atoms with Gasteiger partial charge in [-0.15, -0.1) is 11.3 Å². The molecule has 1 aliphatic heterocycles. The maximum Gasteiger partial charge on any atom is 0.264 e. The van der Waals surface area contributed by atoms with Gasteiger partial charge in [-0.25, -0.2) is 26.5 Å². The van der Waals surface area contributed by atoms with Crippen molar-refractivity contribution in [3.8, 4) is 0 Å². The highest BCUT2D eigenvalue weighted by atomic mass is 32.2. The normalized spacial score (nSPS) is 15.5. The van der Waals surface area contributed by atoms with Crippen molar-refractivity contribution in [1.82, 2.24) is 24.2 Å². The molecule has 0 aliphatic carbocycles. The van der Waals surface area contributed by atoms with E-state index in [9.17, 15) is 31.2 Å². The number of hydrogen-bond donors (Lipinski definition) is 3. The Balaban J connectivity index is 1.31. The number of ketones is 1. The number of carbonyl (C=O) groups excluding carboxylic acids is 3. The number of carbonyl (C=O) groups is 3. The minimum atomic E-state index is -3.93. The molecule has 0 saturated carbocycles. The number of guanidine groups is 1. The molecule has 2 aromatic carbocycles. The van der Waals surface area contributed by atoms with Crippen LogP contribution >= 0.6 is 11.3 Å². The molecule has 1 saturated heterocycles. The number of piperazine rings is 1. The van der Waals surface area contributed by atoms with E-state index in [1.807, 2.05) is 13.0 Å². The van der Waals surface area contributed by atoms with Gasteiger partial charge in [0.2, 0.25) is 33.6 Å². The van der Waals surface area contributed by atoms with E-state index >= 15 is 0 Å². The summed E-state index contributed by atoms with van der Waals surface area (Å²) in [5.74, 6) is -1.92. The summed E-state index contributed by atoms with van der Waals surface area (Å²) in [4.78, 5) is 48.3. The molecule has 250 valence electrons. The maximum atomic E-state index is 13.1. The molecule has 4 rings (SSSR count). The number of nitrogens with one attached hydrogen (secondary N) is 2. The summed E-state index contributed by atoms with van der Waals surface area (Å²) in [5, 5.41) is 5.51. The van der Waals surface area contributed by atoms with Crippen LogP contribution in [0, 0.1) is 6.92 Å². The molecule has 14 nitrogen and oxygen atoms in total. The Labute approximate surface area is 277 Å². The second-order valence-corrected chi connectivity index (χ2v) is 15.0. The van der Waals surface area contributed by atoms with Crippen molar-refractivity contribution >= 4 is 61.0 Å². The van der Waals surface area contributed by atoms with Crippen molar-refractivity contribution < 1.29 is 31.2 Å². The molecule has 2 heterocycles. The zero-order valence-corrected chi connectivity index (χ0v) is 27.9. The van der Waals surface area contributed by atoms with Crippen LogP contribution in [-0.4, -0.2) is 93.3 Å². The quantitative estimate of drug-likeness (QED) is 0.0960. The first-order valence-corrected chi connectivity index (χ1v) is 18.3. The number of rotatable bonds is 14. The zero-order valence-electron chi connectivity index (χ0n) is 25.5. The SMILES string of the molecule is Cc1ccc(S(=O)(=O)NC(N)=NCCC[C@H](NC(=O)CN2CCN(S(=O)(=O)C=Cc3ccccc3)CC2=O)C(=O)c2nccs2)cc1. The van der Waals surface area contributed by atoms with Gasteiger partial charge in [0.25, 0.3) is 10.0 Å². The van der Waals surface area contributed by atoms with Crippen LogP contribution in [0.5, 0.6) is 0 Å². The highest BCUT2D eigenvalue weighted by Gasteiger charge is 2.32. The van der Waals surface area contributed by atoms with E-state index in [1.165, 1.54) is 29.3 Å². The van der Waals surface area contributed by atoms with Gasteiger partial charge in [0.05, 0.1) is 24.0 Å². The van der Waals surface area contributed by atoms with Crippen LogP contribution in [0.2, 0.25) is 0 Å². The molecule has 47 heavy (non-hydrogen) atoms. The van der Waals surface area contributed by atoms with E-state index in [0.717, 1.165) is 26.6 Å². The summed E-state index contributed by atoms with van der Waals surface area (Å²) in [7, 11) is -7.80. The maximum absolute atomic E-state index is 13.1. The fourth-order valence-electron chi connectivity index (χ4n) is 4.50. The number of amides is 2. The number of benzene rings is 2. The van der Waals surface area contributed by atoms with Crippen molar-refractivity contribution in [1.29, 1.82) is 0 Å². The third kappa shape index (κ3) is 10.3. The third-order valence-electron chi connectivity index (χ3n) is 7.01. The minimum Gasteiger partial charge on any atom is -0.369 e. The first-order chi connectivity index (χ1) is 22.3. The van der Waals surface area contributed by atoms with Gasteiger partial charge in [0, 0.05) is 36.6 Å². The summed E-state index contributed by atoms with van der Waals surface area (Å²) < 4.78 is 53.9. The molecule has 1 atom stereocenters. The molecule has 1 fully saturated rings. The van der Waals surface area contributed by atoms with Gasteiger partial charge in [-0.1, -0.05) is 48.0 Å². The molecular formula is C30H35N7O7S3. The van der Waals surface area contributed by atoms with Gasteiger partial charge in [-0.3, -0.25) is 19.4 Å². The topological polar surface area (TPSA) is 201 Å². The van der Waals surface area contributed by atoms with E-state index in [4.69, 9.17) is 5.73 Å². The van der Waals surface area contributed by atoms with Gasteiger partial charge >= 0.3 is 0 Å². The highest BCUT2D eigenvalue weighted by Crippen LogP contribution is 2.14. The van der Waals surface area contributed by atoms with Crippen LogP contribution in [0.15, 0.2) is 81.5 Å². The fourth-order valence-corrected chi connectivity index (χ4v) is 7.21. The molecule has 1 aromatic heterocycles. The summed E-state index contributed by atoms with van der Waals surface area (Å²) in [6, 6.07) is 14.1. The summed E-state index contributed by atoms with van der Waals surface area (Å²) >= 11 is 1.11. The molecule has 1 aliphatic rings. The second-order valence-electron chi connectivity index (χ2n) is 10.6. The van der Waals surface area contributed by atoms with Crippen LogP contribution in [0.3, 0.4) is 0 Å². The number of aromatic nitrogens is 1. The van der Waals surface area contributed by atoms with Crippen LogP contribution in [-0.2, 0) is 29.6 Å². The van der Waals surface area contributed by atoms with Crippen LogP contribution in [0.1, 0.15) is 33.8 Å². The number of aliphatic imine (C=N–C) groups is 1. The number of Topliss-reactive ketones (excluding diaryl/α,β-unsaturated/α-hetero) is 1. The van der Waals surface area contributed by atoms with Crippen LogP contribution < -0.4 is 15.8 Å². The number of hydrogen-bond acceptors (Lipinski definition) is 10. The van der Waals surface area contributed by atoms with Crippen molar-refractivity contribution in [2.75, 3.05) is 32.7 Å². The van der Waals surface area contributed by atoms with E-state index < -0.39 is 50.2 Å². The Morgan fingerprint density at radius 2 is 1.81 bits per heavy atom. The molecule has 0 radical (unpaired) electrons. The van der Waals surface area contributed by atoms with Crippen molar-refractivity contribution in [2.45, 2.75) is 30.7 Å². The molecule has 4 N–H and O–H groups in total. The van der Waals surface area contributed by atoms with Gasteiger partial charge < -0.3 is 16.0 Å². The average Bonchev–Trinajstić information content (AvgIpc) is 3.58. The number of aryl methyl sites for hydroxylation is 1. The molecule has 17 heteroatoms. The molecule has 2 amide bonds. The Morgan fingerprint density at radius 3 is 2.47 bits per heavy atom. The van der Waals surface area contributed by atoms with Gasteiger partial charge in [0.15, 0.2) is 5.01 Å².